The molecule has 0 aliphatic rings. The number of halogens is 2. The SMILES string of the molecule is Cn1c(-c2ccc(-c3ccccc3)cc2)cnc1NCc1ccc(Cl)c(Cl)c1. The van der Waals surface area contributed by atoms with Gasteiger partial charge in [-0.05, 0) is 34.4 Å². The summed E-state index contributed by atoms with van der Waals surface area (Å²) in [6, 6.07) is 24.5. The molecule has 0 fully saturated rings. The van der Waals surface area contributed by atoms with Crippen molar-refractivity contribution in [1.82, 2.24) is 9.55 Å². The van der Waals surface area contributed by atoms with Crippen LogP contribution in [0.4, 0.5) is 5.95 Å². The Bertz CT molecular complexity index is 1090. The van der Waals surface area contributed by atoms with Crippen molar-refractivity contribution in [2.45, 2.75) is 6.54 Å². The van der Waals surface area contributed by atoms with Gasteiger partial charge in [-0.1, -0.05) is 83.9 Å². The molecule has 1 heterocycles. The van der Waals surface area contributed by atoms with E-state index in [1.165, 1.54) is 11.1 Å². The molecule has 3 aromatic carbocycles. The van der Waals surface area contributed by atoms with Crippen molar-refractivity contribution >= 4 is 29.2 Å². The zero-order valence-electron chi connectivity index (χ0n) is 15.4. The first-order valence-electron chi connectivity index (χ1n) is 8.97. The van der Waals surface area contributed by atoms with Crippen LogP contribution in [0.1, 0.15) is 5.56 Å². The summed E-state index contributed by atoms with van der Waals surface area (Å²) in [7, 11) is 2.00. The van der Waals surface area contributed by atoms with Gasteiger partial charge in [-0.15, -0.1) is 0 Å². The molecule has 0 aliphatic heterocycles. The van der Waals surface area contributed by atoms with Crippen molar-refractivity contribution in [2.75, 3.05) is 5.32 Å². The summed E-state index contributed by atoms with van der Waals surface area (Å²) in [6.45, 7) is 0.619. The van der Waals surface area contributed by atoms with Crippen molar-refractivity contribution in [3.8, 4) is 22.4 Å². The first-order chi connectivity index (χ1) is 13.6. The molecular weight excluding hydrogens is 389 g/mol. The third-order valence-electron chi connectivity index (χ3n) is 4.71. The van der Waals surface area contributed by atoms with Crippen LogP contribution in [-0.4, -0.2) is 9.55 Å². The predicted octanol–water partition coefficient (Wildman–Crippen LogP) is 6.67. The molecule has 0 atom stereocenters. The zero-order valence-corrected chi connectivity index (χ0v) is 16.9. The maximum atomic E-state index is 6.09. The molecule has 0 bridgehead atoms. The molecule has 0 spiro atoms. The molecule has 5 heteroatoms. The van der Waals surface area contributed by atoms with Crippen molar-refractivity contribution in [3.05, 3.63) is 94.6 Å². The van der Waals surface area contributed by atoms with E-state index in [1.54, 1.807) is 6.07 Å². The lowest BCUT2D eigenvalue weighted by atomic mass is 10.0. The maximum absolute atomic E-state index is 6.09. The Morgan fingerprint density at radius 1 is 0.821 bits per heavy atom. The molecule has 0 saturated heterocycles. The first-order valence-corrected chi connectivity index (χ1v) is 9.73. The molecule has 0 aliphatic carbocycles. The maximum Gasteiger partial charge on any atom is 0.203 e. The summed E-state index contributed by atoms with van der Waals surface area (Å²) >= 11 is 12.1. The highest BCUT2D eigenvalue weighted by molar-refractivity contribution is 6.42. The van der Waals surface area contributed by atoms with Crippen LogP contribution >= 0.6 is 23.2 Å². The normalized spacial score (nSPS) is 10.8. The molecule has 3 nitrogen and oxygen atoms in total. The minimum atomic E-state index is 0.556. The highest BCUT2D eigenvalue weighted by atomic mass is 35.5. The molecule has 0 saturated carbocycles. The number of nitrogens with zero attached hydrogens (tertiary/aromatic N) is 2. The van der Waals surface area contributed by atoms with E-state index < -0.39 is 0 Å². The molecule has 4 aromatic rings. The molecular formula is C23H19Cl2N3. The lowest BCUT2D eigenvalue weighted by Gasteiger charge is -2.10. The molecule has 0 unspecified atom stereocenters. The summed E-state index contributed by atoms with van der Waals surface area (Å²) < 4.78 is 2.05. The van der Waals surface area contributed by atoms with Gasteiger partial charge in [0.05, 0.1) is 21.9 Å². The average molecular weight is 408 g/mol. The van der Waals surface area contributed by atoms with Crippen molar-refractivity contribution < 1.29 is 0 Å². The van der Waals surface area contributed by atoms with Gasteiger partial charge < -0.3 is 9.88 Å². The van der Waals surface area contributed by atoms with Gasteiger partial charge in [0.1, 0.15) is 0 Å². The molecule has 1 N–H and O–H groups in total. The summed E-state index contributed by atoms with van der Waals surface area (Å²) in [4.78, 5) is 4.52. The van der Waals surface area contributed by atoms with E-state index in [0.29, 0.717) is 16.6 Å². The number of imidazole rings is 1. The number of benzene rings is 3. The Balaban J connectivity index is 1.51. The smallest absolute Gasteiger partial charge is 0.203 e. The molecule has 28 heavy (non-hydrogen) atoms. The second-order valence-corrected chi connectivity index (χ2v) is 7.39. The molecule has 140 valence electrons. The van der Waals surface area contributed by atoms with Gasteiger partial charge >= 0.3 is 0 Å². The fourth-order valence-electron chi connectivity index (χ4n) is 3.14. The van der Waals surface area contributed by atoms with Crippen molar-refractivity contribution in [2.24, 2.45) is 7.05 Å². The Labute approximate surface area is 174 Å². The summed E-state index contributed by atoms with van der Waals surface area (Å²) in [5.41, 5.74) is 5.63. The van der Waals surface area contributed by atoms with Gasteiger partial charge in [-0.25, -0.2) is 4.98 Å². The van der Waals surface area contributed by atoms with Crippen LogP contribution in [0.15, 0.2) is 79.0 Å². The molecule has 4 rings (SSSR count). The Morgan fingerprint density at radius 2 is 1.50 bits per heavy atom. The van der Waals surface area contributed by atoms with Gasteiger partial charge in [0.2, 0.25) is 5.95 Å². The van der Waals surface area contributed by atoms with Crippen LogP contribution in [0.2, 0.25) is 10.0 Å². The van der Waals surface area contributed by atoms with E-state index >= 15 is 0 Å². The summed E-state index contributed by atoms with van der Waals surface area (Å²) in [5, 5.41) is 4.47. The topological polar surface area (TPSA) is 29.9 Å². The van der Waals surface area contributed by atoms with E-state index in [9.17, 15) is 0 Å². The van der Waals surface area contributed by atoms with Gasteiger partial charge in [-0.3, -0.25) is 0 Å². The number of anilines is 1. The standard InChI is InChI=1S/C23H19Cl2N3/c1-28-22(19-10-8-18(9-11-19)17-5-3-2-4-6-17)15-27-23(28)26-14-16-7-12-20(24)21(25)13-16/h2-13,15H,14H2,1H3,(H,26,27). The van der Waals surface area contributed by atoms with E-state index in [2.05, 4.69) is 63.4 Å². The number of hydrogen-bond acceptors (Lipinski definition) is 2. The molecule has 0 amide bonds. The van der Waals surface area contributed by atoms with Crippen molar-refractivity contribution in [3.63, 3.8) is 0 Å². The third-order valence-corrected chi connectivity index (χ3v) is 5.45. The Hall–Kier alpha value is -2.75. The van der Waals surface area contributed by atoms with Crippen LogP contribution in [0.5, 0.6) is 0 Å². The second kappa shape index (κ2) is 8.09. The minimum Gasteiger partial charge on any atom is -0.352 e. The highest BCUT2D eigenvalue weighted by Gasteiger charge is 2.09. The zero-order chi connectivity index (χ0) is 19.5. The minimum absolute atomic E-state index is 0.556. The third kappa shape index (κ3) is 3.91. The second-order valence-electron chi connectivity index (χ2n) is 6.57. The van der Waals surface area contributed by atoms with Gasteiger partial charge in [-0.2, -0.15) is 0 Å². The van der Waals surface area contributed by atoms with E-state index in [0.717, 1.165) is 22.8 Å². The van der Waals surface area contributed by atoms with Crippen LogP contribution in [0.25, 0.3) is 22.4 Å². The Kier molecular flexibility index (Phi) is 5.38. The van der Waals surface area contributed by atoms with Crippen LogP contribution in [0, 0.1) is 0 Å². The number of hydrogen-bond donors (Lipinski definition) is 1. The van der Waals surface area contributed by atoms with Crippen LogP contribution in [-0.2, 0) is 13.6 Å². The Morgan fingerprint density at radius 3 is 2.21 bits per heavy atom. The number of rotatable bonds is 5. The van der Waals surface area contributed by atoms with Crippen LogP contribution < -0.4 is 5.32 Å². The molecule has 0 radical (unpaired) electrons. The average Bonchev–Trinajstić information content (AvgIpc) is 3.10. The summed E-state index contributed by atoms with van der Waals surface area (Å²) in [5.74, 6) is 0.799. The van der Waals surface area contributed by atoms with Crippen molar-refractivity contribution in [1.29, 1.82) is 0 Å². The predicted molar refractivity (Wildman–Crippen MR) is 118 cm³/mol. The fraction of sp³-hybridized carbons (Fsp3) is 0.0870. The monoisotopic (exact) mass is 407 g/mol. The number of aromatic nitrogens is 2. The fourth-order valence-corrected chi connectivity index (χ4v) is 3.46. The van der Waals surface area contributed by atoms with Crippen LogP contribution in [0.3, 0.4) is 0 Å². The van der Waals surface area contributed by atoms with E-state index in [-0.39, 0.29) is 0 Å². The van der Waals surface area contributed by atoms with Gasteiger partial charge in [0.25, 0.3) is 0 Å². The van der Waals surface area contributed by atoms with Gasteiger partial charge in [0.15, 0.2) is 0 Å². The van der Waals surface area contributed by atoms with Gasteiger partial charge in [0, 0.05) is 13.6 Å². The largest absolute Gasteiger partial charge is 0.352 e. The van der Waals surface area contributed by atoms with E-state index in [1.807, 2.05) is 31.4 Å². The number of nitrogens with one attached hydrogen (secondary N) is 1. The lowest BCUT2D eigenvalue weighted by molar-refractivity contribution is 0.907. The summed E-state index contributed by atoms with van der Waals surface area (Å²) in [6.07, 6.45) is 1.88. The quantitative estimate of drug-likeness (QED) is 0.400. The van der Waals surface area contributed by atoms with E-state index in [4.69, 9.17) is 23.2 Å². The molecule has 1 aromatic heterocycles. The highest BCUT2D eigenvalue weighted by Crippen LogP contribution is 2.27. The first kappa shape index (κ1) is 18.6. The lowest BCUT2D eigenvalue weighted by Crippen LogP contribution is -2.05.